The summed E-state index contributed by atoms with van der Waals surface area (Å²) in [6, 6.07) is 0. The first-order valence-electron chi connectivity index (χ1n) is 12.7. The minimum absolute atomic E-state index is 0.269. The average Bonchev–Trinajstić information content (AvgIpc) is 3.63. The van der Waals surface area contributed by atoms with Crippen LogP contribution in [0, 0.1) is 0 Å². The van der Waals surface area contributed by atoms with Crippen LogP contribution in [-0.4, -0.2) is 29.6 Å². The van der Waals surface area contributed by atoms with Crippen molar-refractivity contribution < 1.29 is 20.4 Å². The Kier molecular flexibility index (Phi) is 5.00. The monoisotopic (exact) mass is 450 g/mol. The molecule has 6 heteroatoms. The van der Waals surface area contributed by atoms with Gasteiger partial charge in [-0.3, -0.25) is 9.13 Å². The van der Waals surface area contributed by atoms with Crippen LogP contribution in [0.3, 0.4) is 0 Å². The van der Waals surface area contributed by atoms with E-state index in [1.54, 1.807) is 9.13 Å². The maximum Gasteiger partial charge on any atom is 0.198 e. The van der Waals surface area contributed by atoms with Crippen molar-refractivity contribution in [2.75, 3.05) is 0 Å². The molecular formula is C27H34N2O4. The van der Waals surface area contributed by atoms with E-state index in [0.717, 1.165) is 80.0 Å². The molecule has 0 aliphatic heterocycles. The molecule has 176 valence electrons. The lowest BCUT2D eigenvalue weighted by Gasteiger charge is -2.10. The predicted molar refractivity (Wildman–Crippen MR) is 126 cm³/mol. The smallest absolute Gasteiger partial charge is 0.198 e. The molecule has 4 unspecified atom stereocenters. The van der Waals surface area contributed by atoms with Gasteiger partial charge in [0.15, 0.2) is 23.5 Å². The highest BCUT2D eigenvalue weighted by atomic mass is 16.3. The highest BCUT2D eigenvalue weighted by Crippen LogP contribution is 2.57. The van der Waals surface area contributed by atoms with Gasteiger partial charge in [0.2, 0.25) is 0 Å². The van der Waals surface area contributed by atoms with Crippen LogP contribution in [0.25, 0.3) is 0 Å². The zero-order valence-electron chi connectivity index (χ0n) is 19.1. The molecule has 0 radical (unpaired) electrons. The summed E-state index contributed by atoms with van der Waals surface area (Å²) in [4.78, 5) is 0. The zero-order valence-corrected chi connectivity index (χ0v) is 19.1. The Labute approximate surface area is 194 Å². The fourth-order valence-corrected chi connectivity index (χ4v) is 6.83. The zero-order chi connectivity index (χ0) is 22.7. The number of aromatic hydroxyl groups is 4. The van der Waals surface area contributed by atoms with Crippen LogP contribution in [0.4, 0.5) is 0 Å². The standard InChI is InChI=1S/C27H34N2O4/c30-24-20-16-8-9-17(14-16)21(20)25(31)28(24)12-6-4-2-1-3-5-7-13-29-26(32)22-18-10-11-19(15-18)23(22)27(29)33/h8-11,16-19,30-33H,1-7,12-15H2. The van der Waals surface area contributed by atoms with Crippen molar-refractivity contribution >= 4 is 0 Å². The molecule has 0 saturated heterocycles. The normalized spacial score (nSPS) is 25.5. The first-order valence-corrected chi connectivity index (χ1v) is 12.7. The Balaban J connectivity index is 0.907. The van der Waals surface area contributed by atoms with Gasteiger partial charge in [-0.05, 0) is 25.7 Å². The Morgan fingerprint density at radius 2 is 0.758 bits per heavy atom. The molecule has 0 fully saturated rings. The summed E-state index contributed by atoms with van der Waals surface area (Å²) >= 11 is 0. The summed E-state index contributed by atoms with van der Waals surface area (Å²) in [7, 11) is 0. The second-order valence-electron chi connectivity index (χ2n) is 10.4. The maximum atomic E-state index is 10.6. The first-order chi connectivity index (χ1) is 16.1. The second kappa shape index (κ2) is 7.93. The molecule has 2 aromatic heterocycles. The van der Waals surface area contributed by atoms with Gasteiger partial charge in [0.25, 0.3) is 0 Å². The van der Waals surface area contributed by atoms with Gasteiger partial charge in [-0.25, -0.2) is 0 Å². The van der Waals surface area contributed by atoms with Gasteiger partial charge in [0.1, 0.15) is 0 Å². The summed E-state index contributed by atoms with van der Waals surface area (Å²) < 4.78 is 3.40. The van der Waals surface area contributed by atoms with Crippen LogP contribution in [0.1, 0.15) is 104 Å². The molecule has 6 nitrogen and oxygen atoms in total. The van der Waals surface area contributed by atoms with E-state index in [1.807, 2.05) is 0 Å². The van der Waals surface area contributed by atoms with E-state index in [2.05, 4.69) is 24.3 Å². The van der Waals surface area contributed by atoms with E-state index in [0.29, 0.717) is 13.1 Å². The van der Waals surface area contributed by atoms with Gasteiger partial charge in [0, 0.05) is 59.0 Å². The van der Waals surface area contributed by atoms with Crippen molar-refractivity contribution in [2.45, 2.75) is 94.5 Å². The van der Waals surface area contributed by atoms with Crippen molar-refractivity contribution in [3.05, 3.63) is 46.6 Å². The van der Waals surface area contributed by atoms with E-state index in [-0.39, 0.29) is 47.2 Å². The molecule has 6 rings (SSSR count). The highest BCUT2D eigenvalue weighted by molar-refractivity contribution is 5.59. The average molecular weight is 451 g/mol. The lowest BCUT2D eigenvalue weighted by molar-refractivity contribution is 0.354. The molecule has 0 aromatic carbocycles. The molecule has 0 spiro atoms. The molecule has 2 heterocycles. The highest BCUT2D eigenvalue weighted by Gasteiger charge is 2.41. The number of allylic oxidation sites excluding steroid dienone is 4. The van der Waals surface area contributed by atoms with Crippen LogP contribution in [0.2, 0.25) is 0 Å². The topological polar surface area (TPSA) is 90.8 Å². The number of nitrogens with zero attached hydrogens (tertiary/aromatic N) is 2. The first kappa shape index (κ1) is 20.8. The van der Waals surface area contributed by atoms with E-state index in [4.69, 9.17) is 0 Å². The van der Waals surface area contributed by atoms with Crippen molar-refractivity contribution in [3.8, 4) is 23.5 Å². The van der Waals surface area contributed by atoms with Crippen LogP contribution >= 0.6 is 0 Å². The minimum atomic E-state index is 0.269. The van der Waals surface area contributed by atoms with E-state index in [1.165, 1.54) is 0 Å². The summed E-state index contributed by atoms with van der Waals surface area (Å²) in [5.74, 6) is 2.19. The van der Waals surface area contributed by atoms with Gasteiger partial charge in [-0.1, -0.05) is 56.4 Å². The largest absolute Gasteiger partial charge is 0.494 e. The van der Waals surface area contributed by atoms with Crippen molar-refractivity contribution in [3.63, 3.8) is 0 Å². The van der Waals surface area contributed by atoms with Gasteiger partial charge < -0.3 is 20.4 Å². The van der Waals surface area contributed by atoms with Gasteiger partial charge in [0.05, 0.1) is 0 Å². The molecule has 4 aliphatic rings. The van der Waals surface area contributed by atoms with E-state index in [9.17, 15) is 20.4 Å². The molecule has 0 amide bonds. The van der Waals surface area contributed by atoms with Gasteiger partial charge in [-0.2, -0.15) is 0 Å². The lowest BCUT2D eigenvalue weighted by Crippen LogP contribution is -1.99. The minimum Gasteiger partial charge on any atom is -0.494 e. The van der Waals surface area contributed by atoms with Crippen LogP contribution < -0.4 is 0 Å². The third-order valence-electron chi connectivity index (χ3n) is 8.48. The molecule has 4 aliphatic carbocycles. The predicted octanol–water partition coefficient (Wildman–Crippen LogP) is 5.82. The second-order valence-corrected chi connectivity index (χ2v) is 10.4. The quantitative estimate of drug-likeness (QED) is 0.271. The number of hydrogen-bond donors (Lipinski definition) is 4. The number of rotatable bonds is 10. The third kappa shape index (κ3) is 3.13. The summed E-state index contributed by atoms with van der Waals surface area (Å²) in [5.41, 5.74) is 3.81. The summed E-state index contributed by atoms with van der Waals surface area (Å²) in [6.45, 7) is 1.33. The van der Waals surface area contributed by atoms with E-state index >= 15 is 0 Å². The summed E-state index contributed by atoms with van der Waals surface area (Å²) in [5, 5.41) is 42.3. The number of hydrogen-bond acceptors (Lipinski definition) is 4. The van der Waals surface area contributed by atoms with Gasteiger partial charge in [-0.15, -0.1) is 0 Å². The Morgan fingerprint density at radius 1 is 0.485 bits per heavy atom. The van der Waals surface area contributed by atoms with Crippen LogP contribution in [0.5, 0.6) is 23.5 Å². The SMILES string of the molecule is Oc1c2c(c(O)n1CCCCCCCCCn1c(O)c3c(c1O)C1C=CC3C1)C1C=CC2C1. The van der Waals surface area contributed by atoms with Crippen LogP contribution in [0.15, 0.2) is 24.3 Å². The van der Waals surface area contributed by atoms with Crippen LogP contribution in [-0.2, 0) is 13.1 Å². The van der Waals surface area contributed by atoms with Crippen molar-refractivity contribution in [1.82, 2.24) is 9.13 Å². The molecule has 33 heavy (non-hydrogen) atoms. The van der Waals surface area contributed by atoms with E-state index < -0.39 is 0 Å². The Morgan fingerprint density at radius 3 is 1.06 bits per heavy atom. The molecule has 2 aromatic rings. The molecule has 4 N–H and O–H groups in total. The van der Waals surface area contributed by atoms with Crippen molar-refractivity contribution in [2.24, 2.45) is 0 Å². The molecule has 4 atom stereocenters. The number of aromatic nitrogens is 2. The fourth-order valence-electron chi connectivity index (χ4n) is 6.83. The molecule has 0 saturated carbocycles. The molecular weight excluding hydrogens is 416 g/mol. The summed E-state index contributed by atoms with van der Waals surface area (Å²) in [6.07, 6.45) is 18.1. The third-order valence-corrected chi connectivity index (χ3v) is 8.48. The maximum absolute atomic E-state index is 10.6. The Hall–Kier alpha value is -2.76. The fraction of sp³-hybridized carbons (Fsp3) is 0.556. The van der Waals surface area contributed by atoms with Gasteiger partial charge >= 0.3 is 0 Å². The number of fused-ring (bicyclic) bond motifs is 10. The number of unbranched alkanes of at least 4 members (excludes halogenated alkanes) is 6. The molecule has 4 bridgehead atoms. The van der Waals surface area contributed by atoms with Crippen molar-refractivity contribution in [1.29, 1.82) is 0 Å². The lowest BCUT2D eigenvalue weighted by atomic mass is 10.0. The Bertz CT molecular complexity index is 979.